The normalized spacial score (nSPS) is 21.2. The number of para-hydroxylation sites is 1. The second kappa shape index (κ2) is 10.6. The van der Waals surface area contributed by atoms with E-state index in [2.05, 4.69) is 19.2 Å². The molecule has 0 radical (unpaired) electrons. The maximum Gasteiger partial charge on any atom is 0.311 e. The van der Waals surface area contributed by atoms with Crippen molar-refractivity contribution in [3.8, 4) is 0 Å². The molecule has 2 atom stereocenters. The quantitative estimate of drug-likeness (QED) is 0.542. The van der Waals surface area contributed by atoms with Crippen LogP contribution in [-0.4, -0.2) is 37.0 Å². The zero-order valence-corrected chi connectivity index (χ0v) is 18.2. The number of amides is 2. The van der Waals surface area contributed by atoms with E-state index in [-0.39, 0.29) is 30.9 Å². The van der Waals surface area contributed by atoms with Crippen molar-refractivity contribution in [2.45, 2.75) is 77.2 Å². The van der Waals surface area contributed by atoms with Crippen LogP contribution in [0.3, 0.4) is 0 Å². The molecule has 0 aromatic heterocycles. The molecule has 1 saturated carbocycles. The van der Waals surface area contributed by atoms with Gasteiger partial charge in [0.15, 0.2) is 6.61 Å². The predicted octanol–water partition coefficient (Wildman–Crippen LogP) is 3.94. The van der Waals surface area contributed by atoms with Crippen LogP contribution in [0, 0.1) is 5.92 Å². The highest BCUT2D eigenvalue weighted by molar-refractivity contribution is 6.00. The third kappa shape index (κ3) is 5.61. The molecule has 2 amide bonds. The summed E-state index contributed by atoms with van der Waals surface area (Å²) < 4.78 is 5.26. The first-order chi connectivity index (χ1) is 14.5. The monoisotopic (exact) mass is 414 g/mol. The van der Waals surface area contributed by atoms with E-state index in [9.17, 15) is 14.4 Å². The Kier molecular flexibility index (Phi) is 7.88. The first-order valence-corrected chi connectivity index (χ1v) is 11.3. The number of carbonyl (C=O) groups is 3. The molecule has 0 bridgehead atoms. The predicted molar refractivity (Wildman–Crippen MR) is 116 cm³/mol. The van der Waals surface area contributed by atoms with Crippen molar-refractivity contribution in [2.24, 2.45) is 5.92 Å². The number of hydrogen-bond acceptors (Lipinski definition) is 4. The van der Waals surface area contributed by atoms with Crippen molar-refractivity contribution in [3.05, 3.63) is 29.8 Å². The van der Waals surface area contributed by atoms with Gasteiger partial charge in [-0.25, -0.2) is 0 Å². The average Bonchev–Trinajstić information content (AvgIpc) is 2.96. The molecule has 2 aliphatic rings. The highest BCUT2D eigenvalue weighted by Crippen LogP contribution is 2.33. The Balaban J connectivity index is 1.53. The molecule has 1 aliphatic heterocycles. The summed E-state index contributed by atoms with van der Waals surface area (Å²) in [7, 11) is 0. The van der Waals surface area contributed by atoms with Crippen molar-refractivity contribution < 1.29 is 19.1 Å². The van der Waals surface area contributed by atoms with Crippen molar-refractivity contribution in [1.82, 2.24) is 5.32 Å². The lowest BCUT2D eigenvalue weighted by Gasteiger charge is -2.23. The Hall–Kier alpha value is -2.37. The number of nitrogens with zero attached hydrogens (tertiary/aromatic N) is 1. The maximum absolute atomic E-state index is 12.6. The summed E-state index contributed by atoms with van der Waals surface area (Å²) in [5.74, 6) is -1.00. The van der Waals surface area contributed by atoms with Gasteiger partial charge in [-0.2, -0.15) is 0 Å². The molecule has 6 heteroatoms. The molecule has 1 aliphatic carbocycles. The molecule has 3 rings (SSSR count). The van der Waals surface area contributed by atoms with Crippen molar-refractivity contribution in [1.29, 1.82) is 0 Å². The number of rotatable bonds is 7. The third-order valence-electron chi connectivity index (χ3n) is 6.40. The van der Waals surface area contributed by atoms with Crippen molar-refractivity contribution >= 4 is 23.5 Å². The molecule has 1 saturated heterocycles. The number of ether oxygens (including phenoxy) is 1. The Morgan fingerprint density at radius 3 is 2.57 bits per heavy atom. The molecule has 0 unspecified atom stereocenters. The van der Waals surface area contributed by atoms with Crippen molar-refractivity contribution in [2.75, 3.05) is 18.1 Å². The molecule has 1 N–H and O–H groups in total. The van der Waals surface area contributed by atoms with Gasteiger partial charge >= 0.3 is 5.97 Å². The molecular formula is C24H34N2O4. The first-order valence-electron chi connectivity index (χ1n) is 11.3. The second-order valence-electron chi connectivity index (χ2n) is 8.64. The summed E-state index contributed by atoms with van der Waals surface area (Å²) in [6.07, 6.45) is 7.76. The Morgan fingerprint density at radius 1 is 1.17 bits per heavy atom. The Morgan fingerprint density at radius 2 is 1.87 bits per heavy atom. The van der Waals surface area contributed by atoms with Crippen LogP contribution < -0.4 is 10.2 Å². The third-order valence-corrected chi connectivity index (χ3v) is 6.40. The van der Waals surface area contributed by atoms with E-state index in [4.69, 9.17) is 4.74 Å². The number of nitrogens with one attached hydrogen (secondary N) is 1. The van der Waals surface area contributed by atoms with Gasteiger partial charge in [-0.15, -0.1) is 0 Å². The summed E-state index contributed by atoms with van der Waals surface area (Å²) in [4.78, 5) is 39.0. The standard InChI is InChI=1S/C24H34N2O4/c1-3-17(2)20-12-8-9-13-21(20)26-15-18(14-23(26)28)24(29)30-16-22(27)25-19-10-6-4-5-7-11-19/h8-9,12-13,17-19H,3-7,10-11,14-16H2,1-2H3,(H,25,27)/t17-,18-/m0/s1. The lowest BCUT2D eigenvalue weighted by molar-refractivity contribution is -0.152. The second-order valence-corrected chi connectivity index (χ2v) is 8.64. The number of hydrogen-bond donors (Lipinski definition) is 1. The van der Waals surface area contributed by atoms with E-state index in [1.54, 1.807) is 4.90 Å². The SMILES string of the molecule is CC[C@H](C)c1ccccc1N1C[C@@H](C(=O)OCC(=O)NC2CCCCCC2)CC1=O. The average molecular weight is 415 g/mol. The molecule has 0 spiro atoms. The minimum Gasteiger partial charge on any atom is -0.455 e. The van der Waals surface area contributed by atoms with Gasteiger partial charge in [-0.05, 0) is 36.8 Å². The van der Waals surface area contributed by atoms with E-state index >= 15 is 0 Å². The molecule has 6 nitrogen and oxygen atoms in total. The summed E-state index contributed by atoms with van der Waals surface area (Å²) >= 11 is 0. The van der Waals surface area contributed by atoms with Gasteiger partial charge in [0.05, 0.1) is 5.92 Å². The summed E-state index contributed by atoms with van der Waals surface area (Å²) in [5.41, 5.74) is 1.99. The summed E-state index contributed by atoms with van der Waals surface area (Å²) in [5, 5.41) is 2.98. The Labute approximate surface area is 179 Å². The zero-order chi connectivity index (χ0) is 21.5. The topological polar surface area (TPSA) is 75.7 Å². The van der Waals surface area contributed by atoms with E-state index in [1.165, 1.54) is 12.8 Å². The van der Waals surface area contributed by atoms with E-state index in [1.807, 2.05) is 24.3 Å². The fourth-order valence-electron chi connectivity index (χ4n) is 4.42. The smallest absolute Gasteiger partial charge is 0.311 e. The minimum absolute atomic E-state index is 0.0735. The van der Waals surface area contributed by atoms with Gasteiger partial charge in [-0.3, -0.25) is 14.4 Å². The van der Waals surface area contributed by atoms with Crippen LogP contribution in [0.5, 0.6) is 0 Å². The molecule has 1 heterocycles. The fourth-order valence-corrected chi connectivity index (χ4v) is 4.42. The molecule has 164 valence electrons. The lowest BCUT2D eigenvalue weighted by Crippen LogP contribution is -2.38. The van der Waals surface area contributed by atoms with Crippen LogP contribution in [-0.2, 0) is 19.1 Å². The number of carbonyl (C=O) groups excluding carboxylic acids is 3. The lowest BCUT2D eigenvalue weighted by atomic mass is 9.96. The van der Waals surface area contributed by atoms with Crippen LogP contribution in [0.25, 0.3) is 0 Å². The van der Waals surface area contributed by atoms with Crippen molar-refractivity contribution in [3.63, 3.8) is 0 Å². The summed E-state index contributed by atoms with van der Waals surface area (Å²) in [6.45, 7) is 4.28. The minimum atomic E-state index is -0.534. The number of anilines is 1. The highest BCUT2D eigenvalue weighted by Gasteiger charge is 2.37. The number of esters is 1. The first kappa shape index (κ1) is 22.3. The molecule has 1 aromatic rings. The largest absolute Gasteiger partial charge is 0.455 e. The van der Waals surface area contributed by atoms with Crippen LogP contribution in [0.4, 0.5) is 5.69 Å². The molecular weight excluding hydrogens is 380 g/mol. The van der Waals surface area contributed by atoms with Gasteiger partial charge in [0.1, 0.15) is 0 Å². The van der Waals surface area contributed by atoms with Crippen LogP contribution >= 0.6 is 0 Å². The van der Waals surface area contributed by atoms with Crippen LogP contribution in [0.1, 0.15) is 76.7 Å². The van der Waals surface area contributed by atoms with Gasteiger partial charge in [-0.1, -0.05) is 57.7 Å². The zero-order valence-electron chi connectivity index (χ0n) is 18.2. The molecule has 1 aromatic carbocycles. The van der Waals surface area contributed by atoms with Crippen LogP contribution in [0.15, 0.2) is 24.3 Å². The molecule has 2 fully saturated rings. The number of benzene rings is 1. The molecule has 30 heavy (non-hydrogen) atoms. The highest BCUT2D eigenvalue weighted by atomic mass is 16.5. The summed E-state index contributed by atoms with van der Waals surface area (Å²) in [6, 6.07) is 8.05. The van der Waals surface area contributed by atoms with Gasteiger partial charge in [0, 0.05) is 24.7 Å². The van der Waals surface area contributed by atoms with Gasteiger partial charge < -0.3 is 15.0 Å². The van der Waals surface area contributed by atoms with E-state index in [0.29, 0.717) is 12.5 Å². The maximum atomic E-state index is 12.6. The van der Waals surface area contributed by atoms with Crippen LogP contribution in [0.2, 0.25) is 0 Å². The van der Waals surface area contributed by atoms with E-state index in [0.717, 1.165) is 43.4 Å². The van der Waals surface area contributed by atoms with Gasteiger partial charge in [0.2, 0.25) is 5.91 Å². The van der Waals surface area contributed by atoms with E-state index < -0.39 is 11.9 Å². The fraction of sp³-hybridized carbons (Fsp3) is 0.625. The Bertz CT molecular complexity index is 755. The van der Waals surface area contributed by atoms with Gasteiger partial charge in [0.25, 0.3) is 5.91 Å².